The van der Waals surface area contributed by atoms with Crippen LogP contribution in [0.3, 0.4) is 0 Å². The molecule has 2 saturated heterocycles. The lowest BCUT2D eigenvalue weighted by Gasteiger charge is -2.40. The summed E-state index contributed by atoms with van der Waals surface area (Å²) in [5.41, 5.74) is 1.23. The van der Waals surface area contributed by atoms with Gasteiger partial charge >= 0.3 is 0 Å². The van der Waals surface area contributed by atoms with Gasteiger partial charge in [-0.2, -0.15) is 0 Å². The summed E-state index contributed by atoms with van der Waals surface area (Å²) in [4.78, 5) is 29.4. The lowest BCUT2D eigenvalue weighted by Crippen LogP contribution is -2.46. The van der Waals surface area contributed by atoms with E-state index in [-0.39, 0.29) is 11.5 Å². The Morgan fingerprint density at radius 2 is 2.04 bits per heavy atom. The third-order valence-electron chi connectivity index (χ3n) is 6.56. The second kappa shape index (κ2) is 7.18. The van der Waals surface area contributed by atoms with Gasteiger partial charge in [-0.25, -0.2) is 0 Å². The van der Waals surface area contributed by atoms with Crippen molar-refractivity contribution in [3.8, 4) is 0 Å². The number of pyridine rings is 1. The standard InChI is InChI=1S/C21H31N3O2/c1-17-4-2-5-20(26)24(17)12-8-19(25)23-13-10-21(16-23)9-3-11-22(15-21)14-18-6-7-18/h2,4-5,18H,3,6-16H2,1H3. The van der Waals surface area contributed by atoms with E-state index in [1.54, 1.807) is 16.7 Å². The SMILES string of the molecule is Cc1cccc(=O)n1CCC(=O)N1CCC2(CCCN(CC3CC3)C2)C1. The van der Waals surface area contributed by atoms with E-state index in [9.17, 15) is 9.59 Å². The Bertz CT molecular complexity index is 724. The van der Waals surface area contributed by atoms with E-state index in [1.807, 2.05) is 13.0 Å². The normalized spacial score (nSPS) is 26.6. The first-order chi connectivity index (χ1) is 12.5. The smallest absolute Gasteiger partial charge is 0.250 e. The second-order valence-corrected chi connectivity index (χ2v) is 8.75. The minimum absolute atomic E-state index is 0.0151. The summed E-state index contributed by atoms with van der Waals surface area (Å²) < 4.78 is 1.71. The summed E-state index contributed by atoms with van der Waals surface area (Å²) >= 11 is 0. The molecule has 1 spiro atoms. The molecule has 3 aliphatic rings. The largest absolute Gasteiger partial charge is 0.342 e. The molecule has 1 aliphatic carbocycles. The average molecular weight is 357 g/mol. The Balaban J connectivity index is 1.32. The van der Waals surface area contributed by atoms with Gasteiger partial charge in [-0.05, 0) is 57.6 Å². The highest BCUT2D eigenvalue weighted by atomic mass is 16.2. The van der Waals surface area contributed by atoms with Crippen molar-refractivity contribution in [2.75, 3.05) is 32.7 Å². The van der Waals surface area contributed by atoms with Crippen molar-refractivity contribution in [3.05, 3.63) is 34.2 Å². The van der Waals surface area contributed by atoms with Crippen LogP contribution in [0.4, 0.5) is 0 Å². The van der Waals surface area contributed by atoms with E-state index < -0.39 is 0 Å². The Morgan fingerprint density at radius 1 is 1.19 bits per heavy atom. The fraction of sp³-hybridized carbons (Fsp3) is 0.714. The molecule has 1 unspecified atom stereocenters. The van der Waals surface area contributed by atoms with Crippen molar-refractivity contribution in [2.24, 2.45) is 11.3 Å². The van der Waals surface area contributed by atoms with Crippen LogP contribution < -0.4 is 5.56 Å². The van der Waals surface area contributed by atoms with Crippen LogP contribution in [0.25, 0.3) is 0 Å². The topological polar surface area (TPSA) is 45.6 Å². The van der Waals surface area contributed by atoms with Gasteiger partial charge in [0.2, 0.25) is 5.91 Å². The highest BCUT2D eigenvalue weighted by molar-refractivity contribution is 5.76. The van der Waals surface area contributed by atoms with E-state index in [2.05, 4.69) is 9.80 Å². The first-order valence-electron chi connectivity index (χ1n) is 10.2. The summed E-state index contributed by atoms with van der Waals surface area (Å²) in [6.07, 6.45) is 6.91. The van der Waals surface area contributed by atoms with Crippen molar-refractivity contribution >= 4 is 5.91 Å². The van der Waals surface area contributed by atoms with E-state index in [4.69, 9.17) is 0 Å². The maximum atomic E-state index is 12.7. The Labute approximate surface area is 156 Å². The molecule has 4 rings (SSSR count). The summed E-state index contributed by atoms with van der Waals surface area (Å²) in [7, 11) is 0. The molecule has 1 saturated carbocycles. The first-order valence-corrected chi connectivity index (χ1v) is 10.2. The zero-order valence-electron chi connectivity index (χ0n) is 16.0. The number of likely N-dealkylation sites (tertiary alicyclic amines) is 2. The van der Waals surface area contributed by atoms with Gasteiger partial charge in [0.1, 0.15) is 0 Å². The van der Waals surface area contributed by atoms with Gasteiger partial charge in [0, 0.05) is 56.3 Å². The summed E-state index contributed by atoms with van der Waals surface area (Å²) in [6.45, 7) is 7.89. The van der Waals surface area contributed by atoms with Gasteiger partial charge < -0.3 is 14.4 Å². The molecule has 1 atom stereocenters. The number of carbonyl (C=O) groups excluding carboxylic acids is 1. The molecule has 2 aliphatic heterocycles. The third kappa shape index (κ3) is 3.88. The van der Waals surface area contributed by atoms with E-state index in [0.717, 1.165) is 31.1 Å². The Hall–Kier alpha value is -1.62. The van der Waals surface area contributed by atoms with Gasteiger partial charge in [-0.3, -0.25) is 9.59 Å². The Morgan fingerprint density at radius 3 is 2.81 bits per heavy atom. The van der Waals surface area contributed by atoms with Gasteiger partial charge in [0.25, 0.3) is 5.56 Å². The molecule has 3 fully saturated rings. The predicted octanol–water partition coefficient (Wildman–Crippen LogP) is 2.27. The van der Waals surface area contributed by atoms with Crippen LogP contribution >= 0.6 is 0 Å². The number of amides is 1. The second-order valence-electron chi connectivity index (χ2n) is 8.75. The number of aromatic nitrogens is 1. The van der Waals surface area contributed by atoms with Crippen molar-refractivity contribution in [2.45, 2.75) is 52.0 Å². The van der Waals surface area contributed by atoms with Gasteiger partial charge in [-0.15, -0.1) is 0 Å². The molecule has 142 valence electrons. The van der Waals surface area contributed by atoms with Crippen LogP contribution in [-0.2, 0) is 11.3 Å². The number of carbonyl (C=O) groups is 1. The maximum Gasteiger partial charge on any atom is 0.250 e. The molecular weight excluding hydrogens is 326 g/mol. The highest BCUT2D eigenvalue weighted by Crippen LogP contribution is 2.40. The fourth-order valence-electron chi connectivity index (χ4n) is 4.89. The van der Waals surface area contributed by atoms with E-state index in [1.165, 1.54) is 45.3 Å². The van der Waals surface area contributed by atoms with Crippen LogP contribution in [0.5, 0.6) is 0 Å². The molecule has 0 N–H and O–H groups in total. The molecule has 5 nitrogen and oxygen atoms in total. The number of rotatable bonds is 5. The van der Waals surface area contributed by atoms with Crippen LogP contribution in [0.15, 0.2) is 23.0 Å². The summed E-state index contributed by atoms with van der Waals surface area (Å²) in [6, 6.07) is 5.27. The molecule has 0 bridgehead atoms. The molecular formula is C21H31N3O2. The van der Waals surface area contributed by atoms with Crippen LogP contribution in [0, 0.1) is 18.3 Å². The molecule has 1 aromatic heterocycles. The molecule has 5 heteroatoms. The summed E-state index contributed by atoms with van der Waals surface area (Å²) in [5.74, 6) is 1.15. The number of nitrogens with zero attached hydrogens (tertiary/aromatic N) is 3. The van der Waals surface area contributed by atoms with Crippen LogP contribution in [-0.4, -0.2) is 53.0 Å². The van der Waals surface area contributed by atoms with Crippen LogP contribution in [0.1, 0.15) is 44.2 Å². The lowest BCUT2D eigenvalue weighted by atomic mass is 9.79. The molecule has 1 amide bonds. The fourth-order valence-corrected chi connectivity index (χ4v) is 4.89. The molecule has 26 heavy (non-hydrogen) atoms. The van der Waals surface area contributed by atoms with Crippen molar-refractivity contribution in [1.29, 1.82) is 0 Å². The summed E-state index contributed by atoms with van der Waals surface area (Å²) in [5, 5.41) is 0. The minimum Gasteiger partial charge on any atom is -0.342 e. The maximum absolute atomic E-state index is 12.7. The van der Waals surface area contributed by atoms with Gasteiger partial charge in [0.05, 0.1) is 0 Å². The molecule has 3 heterocycles. The van der Waals surface area contributed by atoms with Crippen LogP contribution in [0.2, 0.25) is 0 Å². The predicted molar refractivity (Wildman–Crippen MR) is 102 cm³/mol. The molecule has 1 aromatic rings. The van der Waals surface area contributed by atoms with E-state index >= 15 is 0 Å². The number of hydrogen-bond acceptors (Lipinski definition) is 3. The quantitative estimate of drug-likeness (QED) is 0.812. The zero-order chi connectivity index (χ0) is 18.1. The third-order valence-corrected chi connectivity index (χ3v) is 6.56. The first kappa shape index (κ1) is 17.8. The number of piperidine rings is 1. The monoisotopic (exact) mass is 357 g/mol. The lowest BCUT2D eigenvalue weighted by molar-refractivity contribution is -0.131. The average Bonchev–Trinajstić information content (AvgIpc) is 3.33. The zero-order valence-corrected chi connectivity index (χ0v) is 16.0. The Kier molecular flexibility index (Phi) is 4.91. The number of aryl methyl sites for hydroxylation is 1. The van der Waals surface area contributed by atoms with Crippen molar-refractivity contribution < 1.29 is 4.79 Å². The highest BCUT2D eigenvalue weighted by Gasteiger charge is 2.43. The van der Waals surface area contributed by atoms with E-state index in [0.29, 0.717) is 18.4 Å². The molecule has 0 radical (unpaired) electrons. The van der Waals surface area contributed by atoms with Crippen molar-refractivity contribution in [3.63, 3.8) is 0 Å². The van der Waals surface area contributed by atoms with Crippen molar-refractivity contribution in [1.82, 2.24) is 14.4 Å². The minimum atomic E-state index is -0.0151. The van der Waals surface area contributed by atoms with Gasteiger partial charge in [0.15, 0.2) is 0 Å². The number of hydrogen-bond donors (Lipinski definition) is 0. The molecule has 0 aromatic carbocycles. The van der Waals surface area contributed by atoms with Gasteiger partial charge in [-0.1, -0.05) is 6.07 Å².